The fourth-order valence-electron chi connectivity index (χ4n) is 4.67. The molecule has 25 heavy (non-hydrogen) atoms. The number of likely N-dealkylation sites (tertiary alicyclic amines) is 1. The molecule has 132 valence electrons. The molecule has 1 amide bonds. The lowest BCUT2D eigenvalue weighted by Gasteiger charge is -2.44. The Morgan fingerprint density at radius 2 is 1.80 bits per heavy atom. The van der Waals surface area contributed by atoms with Gasteiger partial charge in [-0.2, -0.15) is 0 Å². The van der Waals surface area contributed by atoms with Crippen molar-refractivity contribution >= 4 is 11.9 Å². The molecule has 2 aliphatic heterocycles. The van der Waals surface area contributed by atoms with E-state index in [-0.39, 0.29) is 23.3 Å². The number of fused-ring (bicyclic) bond motifs is 4. The van der Waals surface area contributed by atoms with E-state index < -0.39 is 17.8 Å². The molecule has 3 aliphatic rings. The third-order valence-corrected chi connectivity index (χ3v) is 5.86. The van der Waals surface area contributed by atoms with Gasteiger partial charge in [0.05, 0.1) is 11.8 Å². The molecule has 6 nitrogen and oxygen atoms in total. The molecular formula is C19H22N2O4. The summed E-state index contributed by atoms with van der Waals surface area (Å²) in [7, 11) is 0. The number of aromatic nitrogens is 1. The van der Waals surface area contributed by atoms with Crippen molar-refractivity contribution in [2.75, 3.05) is 13.1 Å². The fraction of sp³-hybridized carbons (Fsp3) is 0.526. The normalized spacial score (nSPS) is 30.6. The topological polar surface area (TPSA) is 79.6 Å². The second kappa shape index (κ2) is 6.17. The third-order valence-electron chi connectivity index (χ3n) is 5.86. The highest BCUT2D eigenvalue weighted by Crippen LogP contribution is 2.37. The first kappa shape index (κ1) is 16.1. The molecule has 0 aromatic carbocycles. The molecule has 3 heterocycles. The van der Waals surface area contributed by atoms with Gasteiger partial charge in [-0.1, -0.05) is 18.2 Å². The van der Waals surface area contributed by atoms with Crippen LogP contribution in [0.3, 0.4) is 0 Å². The van der Waals surface area contributed by atoms with Gasteiger partial charge >= 0.3 is 5.97 Å². The van der Waals surface area contributed by atoms with E-state index in [9.17, 15) is 19.5 Å². The number of allylic oxidation sites excluding steroid dienone is 2. The fourth-order valence-corrected chi connectivity index (χ4v) is 4.67. The number of carbonyl (C=O) groups excluding carboxylic acids is 1. The Kier molecular flexibility index (Phi) is 3.98. The first-order chi connectivity index (χ1) is 12.0. The summed E-state index contributed by atoms with van der Waals surface area (Å²) >= 11 is 0. The number of carboxylic acids is 1. The summed E-state index contributed by atoms with van der Waals surface area (Å²) in [6, 6.07) is 5.33. The smallest absolute Gasteiger partial charge is 0.307 e. The second-order valence-electron chi connectivity index (χ2n) is 7.44. The molecule has 1 saturated heterocycles. The number of rotatable bonds is 2. The molecule has 1 aromatic rings. The van der Waals surface area contributed by atoms with Gasteiger partial charge in [-0.05, 0) is 31.2 Å². The Morgan fingerprint density at radius 1 is 1.04 bits per heavy atom. The number of pyridine rings is 1. The Morgan fingerprint density at radius 3 is 2.56 bits per heavy atom. The molecule has 0 unspecified atom stereocenters. The van der Waals surface area contributed by atoms with E-state index >= 15 is 0 Å². The number of hydrogen-bond acceptors (Lipinski definition) is 3. The molecular weight excluding hydrogens is 320 g/mol. The van der Waals surface area contributed by atoms with E-state index in [0.29, 0.717) is 32.5 Å². The van der Waals surface area contributed by atoms with Crippen molar-refractivity contribution in [2.45, 2.75) is 31.7 Å². The lowest BCUT2D eigenvalue weighted by molar-refractivity contribution is -0.151. The molecule has 1 aromatic heterocycles. The summed E-state index contributed by atoms with van der Waals surface area (Å²) in [4.78, 5) is 38.5. The zero-order valence-corrected chi connectivity index (χ0v) is 14.0. The van der Waals surface area contributed by atoms with Crippen LogP contribution in [0.1, 0.15) is 30.9 Å². The SMILES string of the molecule is O=C(O)[C@@H]1CC=CC[C@H]1C(=O)N1C[C@H]2C[C@@H](C1)c1cccc(=O)n1C2. The molecule has 6 heteroatoms. The minimum Gasteiger partial charge on any atom is -0.481 e. The zero-order valence-electron chi connectivity index (χ0n) is 14.0. The molecule has 0 saturated carbocycles. The van der Waals surface area contributed by atoms with Crippen LogP contribution in [0.15, 0.2) is 35.1 Å². The minimum atomic E-state index is -0.892. The van der Waals surface area contributed by atoms with E-state index in [1.807, 2.05) is 27.7 Å². The van der Waals surface area contributed by atoms with Gasteiger partial charge in [-0.25, -0.2) is 0 Å². The number of amides is 1. The summed E-state index contributed by atoms with van der Waals surface area (Å²) in [5.41, 5.74) is 1.02. The molecule has 2 bridgehead atoms. The van der Waals surface area contributed by atoms with E-state index in [1.165, 1.54) is 0 Å². The number of carbonyl (C=O) groups is 2. The summed E-state index contributed by atoms with van der Waals surface area (Å²) in [5.74, 6) is -1.62. The largest absolute Gasteiger partial charge is 0.481 e. The van der Waals surface area contributed by atoms with Gasteiger partial charge in [0.15, 0.2) is 0 Å². The number of hydrogen-bond donors (Lipinski definition) is 1. The Bertz CT molecular complexity index is 797. The Hall–Kier alpha value is -2.37. The van der Waals surface area contributed by atoms with Crippen LogP contribution < -0.4 is 5.56 Å². The average Bonchev–Trinajstić information content (AvgIpc) is 2.62. The molecule has 4 atom stereocenters. The Balaban J connectivity index is 1.58. The predicted molar refractivity (Wildman–Crippen MR) is 91.1 cm³/mol. The zero-order chi connectivity index (χ0) is 17.6. The average molecular weight is 342 g/mol. The molecule has 1 aliphatic carbocycles. The van der Waals surface area contributed by atoms with Crippen LogP contribution in [0.2, 0.25) is 0 Å². The molecule has 4 rings (SSSR count). The van der Waals surface area contributed by atoms with Gasteiger partial charge in [0.2, 0.25) is 5.91 Å². The third kappa shape index (κ3) is 2.79. The van der Waals surface area contributed by atoms with Gasteiger partial charge in [0.1, 0.15) is 0 Å². The summed E-state index contributed by atoms with van der Waals surface area (Å²) < 4.78 is 1.84. The van der Waals surface area contributed by atoms with Crippen molar-refractivity contribution in [3.8, 4) is 0 Å². The van der Waals surface area contributed by atoms with Crippen LogP contribution in [0.25, 0.3) is 0 Å². The number of piperidine rings is 1. The van der Waals surface area contributed by atoms with Crippen LogP contribution in [-0.4, -0.2) is 39.5 Å². The van der Waals surface area contributed by atoms with Gasteiger partial charge < -0.3 is 14.6 Å². The summed E-state index contributed by atoms with van der Waals surface area (Å²) in [6.07, 6.45) is 5.68. The molecule has 1 N–H and O–H groups in total. The van der Waals surface area contributed by atoms with Gasteiger partial charge in [0, 0.05) is 37.3 Å². The highest BCUT2D eigenvalue weighted by molar-refractivity contribution is 5.85. The van der Waals surface area contributed by atoms with Crippen LogP contribution in [0.4, 0.5) is 0 Å². The number of carboxylic acid groups (broad SMARTS) is 1. The second-order valence-corrected chi connectivity index (χ2v) is 7.44. The van der Waals surface area contributed by atoms with Gasteiger partial charge in [0.25, 0.3) is 5.56 Å². The van der Waals surface area contributed by atoms with Crippen molar-refractivity contribution in [3.63, 3.8) is 0 Å². The first-order valence-electron chi connectivity index (χ1n) is 8.91. The van der Waals surface area contributed by atoms with Gasteiger partial charge in [-0.15, -0.1) is 0 Å². The minimum absolute atomic E-state index is 0.0235. The maximum Gasteiger partial charge on any atom is 0.307 e. The van der Waals surface area contributed by atoms with E-state index in [0.717, 1.165) is 12.1 Å². The highest BCUT2D eigenvalue weighted by Gasteiger charge is 2.41. The molecule has 1 fully saturated rings. The van der Waals surface area contributed by atoms with E-state index in [1.54, 1.807) is 12.1 Å². The van der Waals surface area contributed by atoms with Gasteiger partial charge in [-0.3, -0.25) is 14.4 Å². The standard InChI is InChI=1S/C19H22N2O4/c22-17-7-3-6-16-13-8-12(10-21(16)17)9-20(11-13)18(23)14-4-1-2-5-15(14)19(24)25/h1-3,6-7,12-15H,4-5,8-11H2,(H,24,25)/t12-,13+,14-,15-/m1/s1. The lowest BCUT2D eigenvalue weighted by Crippen LogP contribution is -2.51. The maximum absolute atomic E-state index is 13.0. The maximum atomic E-state index is 13.0. The monoisotopic (exact) mass is 342 g/mol. The van der Waals surface area contributed by atoms with Crippen molar-refractivity contribution in [1.29, 1.82) is 0 Å². The van der Waals surface area contributed by atoms with Crippen LogP contribution >= 0.6 is 0 Å². The van der Waals surface area contributed by atoms with E-state index in [4.69, 9.17) is 0 Å². The summed E-state index contributed by atoms with van der Waals surface area (Å²) in [6.45, 7) is 1.83. The lowest BCUT2D eigenvalue weighted by atomic mass is 9.79. The van der Waals surface area contributed by atoms with Crippen LogP contribution in [0, 0.1) is 17.8 Å². The highest BCUT2D eigenvalue weighted by atomic mass is 16.4. The predicted octanol–water partition coefficient (Wildman–Crippen LogP) is 1.46. The molecule has 0 radical (unpaired) electrons. The quantitative estimate of drug-likeness (QED) is 0.825. The number of nitrogens with zero attached hydrogens (tertiary/aromatic N) is 2. The van der Waals surface area contributed by atoms with Crippen molar-refractivity contribution in [1.82, 2.24) is 9.47 Å². The van der Waals surface area contributed by atoms with Crippen molar-refractivity contribution < 1.29 is 14.7 Å². The van der Waals surface area contributed by atoms with Crippen molar-refractivity contribution in [3.05, 3.63) is 46.4 Å². The summed E-state index contributed by atoms with van der Waals surface area (Å²) in [5, 5.41) is 9.44. The van der Waals surface area contributed by atoms with Crippen LogP contribution in [0.5, 0.6) is 0 Å². The van der Waals surface area contributed by atoms with Crippen molar-refractivity contribution in [2.24, 2.45) is 17.8 Å². The van der Waals surface area contributed by atoms with E-state index in [2.05, 4.69) is 0 Å². The Labute approximate surface area is 145 Å². The van der Waals surface area contributed by atoms with Crippen LogP contribution in [-0.2, 0) is 16.1 Å². The first-order valence-corrected chi connectivity index (χ1v) is 8.91. The number of aliphatic carboxylic acids is 1. The molecule has 0 spiro atoms.